The van der Waals surface area contributed by atoms with Crippen LogP contribution < -0.4 is 10.2 Å². The molecule has 0 unspecified atom stereocenters. The smallest absolute Gasteiger partial charge is 0.137 e. The largest absolute Gasteiger partial charge is 0.467 e. The summed E-state index contributed by atoms with van der Waals surface area (Å²) in [4.78, 5) is 11.3. The predicted molar refractivity (Wildman–Crippen MR) is 83.5 cm³/mol. The Morgan fingerprint density at radius 3 is 2.86 bits per heavy atom. The van der Waals surface area contributed by atoms with Crippen molar-refractivity contribution >= 4 is 11.6 Å². The molecule has 2 aromatic heterocycles. The Balaban J connectivity index is 1.94. The fourth-order valence-corrected chi connectivity index (χ4v) is 2.68. The molecule has 0 amide bonds. The molecule has 5 heteroatoms. The first-order valence-electron chi connectivity index (χ1n) is 7.64. The van der Waals surface area contributed by atoms with Crippen LogP contribution in [-0.2, 0) is 13.0 Å². The van der Waals surface area contributed by atoms with Crippen molar-refractivity contribution in [3.63, 3.8) is 0 Å². The van der Waals surface area contributed by atoms with Crippen molar-refractivity contribution in [2.45, 2.75) is 45.2 Å². The van der Waals surface area contributed by atoms with Crippen LogP contribution in [0.1, 0.15) is 37.5 Å². The van der Waals surface area contributed by atoms with Gasteiger partial charge in [-0.25, -0.2) is 9.97 Å². The van der Waals surface area contributed by atoms with Crippen molar-refractivity contribution in [3.8, 4) is 0 Å². The Kier molecular flexibility index (Phi) is 4.08. The average Bonchev–Trinajstić information content (AvgIpc) is 3.22. The number of anilines is 2. The van der Waals surface area contributed by atoms with E-state index in [-0.39, 0.29) is 0 Å². The van der Waals surface area contributed by atoms with Gasteiger partial charge in [-0.15, -0.1) is 0 Å². The van der Waals surface area contributed by atoms with E-state index in [1.165, 1.54) is 18.4 Å². The number of hydrogen-bond donors (Lipinski definition) is 1. The van der Waals surface area contributed by atoms with Gasteiger partial charge < -0.3 is 14.6 Å². The monoisotopic (exact) mass is 286 g/mol. The maximum atomic E-state index is 5.52. The Hall–Kier alpha value is -2.04. The molecule has 5 nitrogen and oxygen atoms in total. The number of furan rings is 1. The zero-order valence-electron chi connectivity index (χ0n) is 12.7. The zero-order valence-corrected chi connectivity index (χ0v) is 12.7. The molecule has 112 valence electrons. The van der Waals surface area contributed by atoms with Crippen molar-refractivity contribution in [2.24, 2.45) is 0 Å². The van der Waals surface area contributed by atoms with E-state index in [4.69, 9.17) is 4.42 Å². The molecule has 1 aliphatic carbocycles. The molecular formula is C16H22N4O. The van der Waals surface area contributed by atoms with Gasteiger partial charge in [-0.2, -0.15) is 0 Å². The van der Waals surface area contributed by atoms with Crippen molar-refractivity contribution < 1.29 is 4.42 Å². The summed E-state index contributed by atoms with van der Waals surface area (Å²) in [5, 5.41) is 3.19. The first kappa shape index (κ1) is 13.9. The minimum Gasteiger partial charge on any atom is -0.467 e. The molecule has 0 radical (unpaired) electrons. The van der Waals surface area contributed by atoms with E-state index in [9.17, 15) is 0 Å². The van der Waals surface area contributed by atoms with Gasteiger partial charge in [0.2, 0.25) is 0 Å². The van der Waals surface area contributed by atoms with Crippen LogP contribution in [0.3, 0.4) is 0 Å². The molecule has 1 N–H and O–H groups in total. The molecule has 1 fully saturated rings. The van der Waals surface area contributed by atoms with Gasteiger partial charge in [0.1, 0.15) is 23.7 Å². The lowest BCUT2D eigenvalue weighted by Gasteiger charge is -2.25. The Morgan fingerprint density at radius 1 is 1.38 bits per heavy atom. The van der Waals surface area contributed by atoms with E-state index < -0.39 is 0 Å². The molecule has 0 bridgehead atoms. The normalized spacial score (nSPS) is 14.2. The lowest BCUT2D eigenvalue weighted by Crippen LogP contribution is -2.27. The van der Waals surface area contributed by atoms with Crippen molar-refractivity contribution in [1.29, 1.82) is 0 Å². The zero-order chi connectivity index (χ0) is 14.7. The van der Waals surface area contributed by atoms with Crippen LogP contribution in [0.2, 0.25) is 0 Å². The average molecular weight is 286 g/mol. The van der Waals surface area contributed by atoms with E-state index in [0.717, 1.165) is 36.8 Å². The van der Waals surface area contributed by atoms with Crippen LogP contribution in [0.15, 0.2) is 29.1 Å². The minimum atomic E-state index is 0.574. The van der Waals surface area contributed by atoms with Gasteiger partial charge in [-0.3, -0.25) is 0 Å². The summed E-state index contributed by atoms with van der Waals surface area (Å²) >= 11 is 0. The van der Waals surface area contributed by atoms with E-state index in [0.29, 0.717) is 6.04 Å². The van der Waals surface area contributed by atoms with Crippen LogP contribution >= 0.6 is 0 Å². The quantitative estimate of drug-likeness (QED) is 0.847. The topological polar surface area (TPSA) is 54.2 Å². The third kappa shape index (κ3) is 3.01. The lowest BCUT2D eigenvalue weighted by molar-refractivity contribution is 0.499. The SMILES string of the molecule is CCCc1c(NC)ncnc1N(Cc1ccco1)C1CC1. The number of hydrogen-bond acceptors (Lipinski definition) is 5. The summed E-state index contributed by atoms with van der Waals surface area (Å²) in [6.45, 7) is 2.96. The molecule has 2 aromatic rings. The van der Waals surface area contributed by atoms with E-state index in [2.05, 4.69) is 27.1 Å². The lowest BCUT2D eigenvalue weighted by atomic mass is 10.1. The fraction of sp³-hybridized carbons (Fsp3) is 0.500. The second-order valence-corrected chi connectivity index (χ2v) is 5.46. The third-order valence-corrected chi connectivity index (χ3v) is 3.83. The highest BCUT2D eigenvalue weighted by atomic mass is 16.3. The van der Waals surface area contributed by atoms with Crippen LogP contribution in [0.5, 0.6) is 0 Å². The Morgan fingerprint density at radius 2 is 2.24 bits per heavy atom. The van der Waals surface area contributed by atoms with Gasteiger partial charge in [0.05, 0.1) is 12.8 Å². The summed E-state index contributed by atoms with van der Waals surface area (Å²) in [5.74, 6) is 2.97. The second-order valence-electron chi connectivity index (χ2n) is 5.46. The van der Waals surface area contributed by atoms with Crippen LogP contribution in [0.4, 0.5) is 11.6 Å². The van der Waals surface area contributed by atoms with Crippen LogP contribution in [0.25, 0.3) is 0 Å². The Labute approximate surface area is 125 Å². The van der Waals surface area contributed by atoms with Gasteiger partial charge >= 0.3 is 0 Å². The number of aromatic nitrogens is 2. The highest BCUT2D eigenvalue weighted by Gasteiger charge is 2.32. The van der Waals surface area contributed by atoms with Crippen molar-refractivity contribution in [2.75, 3.05) is 17.3 Å². The van der Waals surface area contributed by atoms with Crippen molar-refractivity contribution in [3.05, 3.63) is 36.0 Å². The third-order valence-electron chi connectivity index (χ3n) is 3.83. The number of rotatable bonds is 7. The maximum absolute atomic E-state index is 5.52. The Bertz CT molecular complexity index is 578. The minimum absolute atomic E-state index is 0.574. The summed E-state index contributed by atoms with van der Waals surface area (Å²) in [6, 6.07) is 4.53. The predicted octanol–water partition coefficient (Wildman–Crippen LogP) is 3.23. The molecule has 1 saturated carbocycles. The highest BCUT2D eigenvalue weighted by molar-refractivity contribution is 5.59. The molecule has 0 saturated heterocycles. The molecular weight excluding hydrogens is 264 g/mol. The van der Waals surface area contributed by atoms with Crippen LogP contribution in [-0.4, -0.2) is 23.1 Å². The summed E-state index contributed by atoms with van der Waals surface area (Å²) in [6.07, 6.45) is 7.89. The number of nitrogens with one attached hydrogen (secondary N) is 1. The number of nitrogens with zero attached hydrogens (tertiary/aromatic N) is 3. The van der Waals surface area contributed by atoms with Crippen LogP contribution in [0, 0.1) is 0 Å². The van der Waals surface area contributed by atoms with Gasteiger partial charge in [-0.1, -0.05) is 13.3 Å². The first-order valence-corrected chi connectivity index (χ1v) is 7.64. The second kappa shape index (κ2) is 6.16. The van der Waals surface area contributed by atoms with Gasteiger partial charge in [0.25, 0.3) is 0 Å². The van der Waals surface area contributed by atoms with Gasteiger partial charge in [0.15, 0.2) is 0 Å². The molecule has 3 rings (SSSR count). The standard InChI is InChI=1S/C16H22N4O/c1-3-5-14-15(17-2)18-11-19-16(14)20(12-7-8-12)10-13-6-4-9-21-13/h4,6,9,11-12H,3,5,7-8,10H2,1-2H3,(H,17,18,19). The highest BCUT2D eigenvalue weighted by Crippen LogP contribution is 2.35. The summed E-state index contributed by atoms with van der Waals surface area (Å²) < 4.78 is 5.52. The first-order chi connectivity index (χ1) is 10.3. The molecule has 2 heterocycles. The molecule has 0 aromatic carbocycles. The molecule has 21 heavy (non-hydrogen) atoms. The van der Waals surface area contributed by atoms with E-state index in [1.807, 2.05) is 19.2 Å². The summed E-state index contributed by atoms with van der Waals surface area (Å²) in [7, 11) is 1.92. The molecule has 0 aliphatic heterocycles. The van der Waals surface area contributed by atoms with E-state index in [1.54, 1.807) is 12.6 Å². The molecule has 0 spiro atoms. The molecule has 0 atom stereocenters. The summed E-state index contributed by atoms with van der Waals surface area (Å²) in [5.41, 5.74) is 1.21. The maximum Gasteiger partial charge on any atom is 0.137 e. The molecule has 1 aliphatic rings. The van der Waals surface area contributed by atoms with Gasteiger partial charge in [-0.05, 0) is 31.4 Å². The van der Waals surface area contributed by atoms with Gasteiger partial charge in [0, 0.05) is 18.7 Å². The van der Waals surface area contributed by atoms with E-state index >= 15 is 0 Å². The van der Waals surface area contributed by atoms with Crippen molar-refractivity contribution in [1.82, 2.24) is 9.97 Å². The fourth-order valence-electron chi connectivity index (χ4n) is 2.68.